The van der Waals surface area contributed by atoms with Crippen molar-refractivity contribution in [3.8, 4) is 11.4 Å². The van der Waals surface area contributed by atoms with E-state index in [-0.39, 0.29) is 0 Å². The van der Waals surface area contributed by atoms with Gasteiger partial charge in [0.2, 0.25) is 0 Å². The van der Waals surface area contributed by atoms with Gasteiger partial charge in [0, 0.05) is 5.56 Å². The summed E-state index contributed by atoms with van der Waals surface area (Å²) in [5.41, 5.74) is 2.30. The highest BCUT2D eigenvalue weighted by atomic mass is 79.9. The van der Waals surface area contributed by atoms with Crippen LogP contribution in [-0.2, 0) is 0 Å². The first-order chi connectivity index (χ1) is 6.27. The largest absolute Gasteiger partial charge is 0.208 e. The summed E-state index contributed by atoms with van der Waals surface area (Å²) in [5, 5.41) is 0. The maximum absolute atomic E-state index is 4.27. The minimum absolute atomic E-state index is 0.801. The first-order valence-corrected chi connectivity index (χ1v) is 5.39. The third kappa shape index (κ3) is 1.78. The monoisotopic (exact) mass is 254 g/mol. The Morgan fingerprint density at radius 3 is 2.69 bits per heavy atom. The maximum Gasteiger partial charge on any atom is 0.179 e. The van der Waals surface area contributed by atoms with Gasteiger partial charge in [-0.25, -0.2) is 4.98 Å². The third-order valence-electron chi connectivity index (χ3n) is 1.79. The number of hydrogen-bond donors (Lipinski definition) is 0. The molecule has 0 fully saturated rings. The van der Waals surface area contributed by atoms with E-state index in [1.165, 1.54) is 17.1 Å². The summed E-state index contributed by atoms with van der Waals surface area (Å²) in [6.07, 6.45) is 0. The predicted octanol–water partition coefficient (Wildman–Crippen LogP) is 3.28. The lowest BCUT2D eigenvalue weighted by atomic mass is 10.1. The number of halogens is 1. The van der Waals surface area contributed by atoms with E-state index in [2.05, 4.69) is 38.3 Å². The van der Waals surface area contributed by atoms with Crippen LogP contribution in [-0.4, -0.2) is 9.36 Å². The Morgan fingerprint density at radius 2 is 2.08 bits per heavy atom. The summed E-state index contributed by atoms with van der Waals surface area (Å²) in [5.74, 6) is 0.801. The second-order valence-electron chi connectivity index (χ2n) is 2.69. The zero-order valence-electron chi connectivity index (χ0n) is 6.99. The smallest absolute Gasteiger partial charge is 0.179 e. The number of benzene rings is 1. The number of nitrogens with zero attached hydrogens (tertiary/aromatic N) is 2. The molecule has 66 valence electrons. The fourth-order valence-electron chi connectivity index (χ4n) is 1.14. The van der Waals surface area contributed by atoms with Crippen LogP contribution in [0.5, 0.6) is 0 Å². The number of aromatic nitrogens is 2. The molecule has 0 aliphatic rings. The SMILES string of the molecule is Cc1ccccc1-c1nsc(Br)n1. The highest BCUT2D eigenvalue weighted by Gasteiger charge is 2.05. The van der Waals surface area contributed by atoms with E-state index in [0.29, 0.717) is 0 Å². The van der Waals surface area contributed by atoms with E-state index >= 15 is 0 Å². The summed E-state index contributed by atoms with van der Waals surface area (Å²) in [6.45, 7) is 2.06. The van der Waals surface area contributed by atoms with Crippen LogP contribution in [0.4, 0.5) is 0 Å². The molecule has 13 heavy (non-hydrogen) atoms. The molecule has 4 heteroatoms. The zero-order valence-corrected chi connectivity index (χ0v) is 9.39. The van der Waals surface area contributed by atoms with Crippen molar-refractivity contribution in [2.24, 2.45) is 0 Å². The first-order valence-electron chi connectivity index (χ1n) is 3.82. The van der Waals surface area contributed by atoms with Gasteiger partial charge in [-0.3, -0.25) is 0 Å². The van der Waals surface area contributed by atoms with Crippen molar-refractivity contribution in [3.63, 3.8) is 0 Å². The van der Waals surface area contributed by atoms with Crippen molar-refractivity contribution in [1.82, 2.24) is 9.36 Å². The van der Waals surface area contributed by atoms with E-state index in [1.807, 2.05) is 18.2 Å². The number of aryl methyl sites for hydroxylation is 1. The quantitative estimate of drug-likeness (QED) is 0.781. The van der Waals surface area contributed by atoms with Crippen molar-refractivity contribution in [1.29, 1.82) is 0 Å². The van der Waals surface area contributed by atoms with Crippen LogP contribution in [0.3, 0.4) is 0 Å². The van der Waals surface area contributed by atoms with Gasteiger partial charge in [0.25, 0.3) is 0 Å². The Kier molecular flexibility index (Phi) is 2.42. The Hall–Kier alpha value is -0.740. The van der Waals surface area contributed by atoms with Crippen LogP contribution in [0, 0.1) is 6.92 Å². The molecular weight excluding hydrogens is 248 g/mol. The lowest BCUT2D eigenvalue weighted by molar-refractivity contribution is 1.28. The van der Waals surface area contributed by atoms with E-state index < -0.39 is 0 Å². The molecule has 1 heterocycles. The predicted molar refractivity (Wildman–Crippen MR) is 57.8 cm³/mol. The van der Waals surface area contributed by atoms with E-state index in [0.717, 1.165) is 15.3 Å². The molecule has 0 spiro atoms. The van der Waals surface area contributed by atoms with Gasteiger partial charge in [0.05, 0.1) is 0 Å². The normalized spacial score (nSPS) is 10.3. The van der Waals surface area contributed by atoms with Crippen LogP contribution >= 0.6 is 27.5 Å². The van der Waals surface area contributed by atoms with E-state index in [1.54, 1.807) is 0 Å². The molecule has 0 amide bonds. The molecule has 0 bridgehead atoms. The molecule has 0 radical (unpaired) electrons. The summed E-state index contributed by atoms with van der Waals surface area (Å²) in [4.78, 5) is 4.27. The lowest BCUT2D eigenvalue weighted by Gasteiger charge is -1.98. The molecule has 0 unspecified atom stereocenters. The number of hydrogen-bond acceptors (Lipinski definition) is 3. The minimum atomic E-state index is 0.801. The molecule has 0 atom stereocenters. The highest BCUT2D eigenvalue weighted by Crippen LogP contribution is 2.23. The molecule has 0 aliphatic heterocycles. The van der Waals surface area contributed by atoms with Crippen molar-refractivity contribution >= 4 is 27.5 Å². The second kappa shape index (κ2) is 3.55. The average molecular weight is 255 g/mol. The first kappa shape index (κ1) is 8.84. The Balaban J connectivity index is 2.52. The van der Waals surface area contributed by atoms with Crippen molar-refractivity contribution in [3.05, 3.63) is 33.7 Å². The standard InChI is InChI=1S/C9H7BrN2S/c1-6-4-2-3-5-7(6)8-11-9(10)13-12-8/h2-5H,1H3. The second-order valence-corrected chi connectivity index (χ2v) is 4.71. The van der Waals surface area contributed by atoms with E-state index in [4.69, 9.17) is 0 Å². The van der Waals surface area contributed by atoms with Gasteiger partial charge in [-0.15, -0.1) is 0 Å². The van der Waals surface area contributed by atoms with Crippen LogP contribution in [0.15, 0.2) is 28.2 Å². The zero-order chi connectivity index (χ0) is 9.26. The summed E-state index contributed by atoms with van der Waals surface area (Å²) in [7, 11) is 0. The van der Waals surface area contributed by atoms with Crippen molar-refractivity contribution in [2.45, 2.75) is 6.92 Å². The Labute approximate surface area is 88.9 Å². The van der Waals surface area contributed by atoms with Crippen molar-refractivity contribution < 1.29 is 0 Å². The van der Waals surface area contributed by atoms with Gasteiger partial charge in [-0.1, -0.05) is 24.3 Å². The molecule has 2 aromatic rings. The van der Waals surface area contributed by atoms with Gasteiger partial charge in [0.15, 0.2) is 9.74 Å². The fourth-order valence-corrected chi connectivity index (χ4v) is 1.95. The lowest BCUT2D eigenvalue weighted by Crippen LogP contribution is -1.83. The van der Waals surface area contributed by atoms with Gasteiger partial charge in [-0.2, -0.15) is 4.37 Å². The molecule has 0 aliphatic carbocycles. The molecule has 0 saturated carbocycles. The average Bonchev–Trinajstić information content (AvgIpc) is 2.53. The van der Waals surface area contributed by atoms with Crippen LogP contribution in [0.1, 0.15) is 5.56 Å². The number of rotatable bonds is 1. The maximum atomic E-state index is 4.27. The van der Waals surface area contributed by atoms with Crippen molar-refractivity contribution in [2.75, 3.05) is 0 Å². The van der Waals surface area contributed by atoms with E-state index in [9.17, 15) is 0 Å². The summed E-state index contributed by atoms with van der Waals surface area (Å²) in [6, 6.07) is 8.10. The van der Waals surface area contributed by atoms with Gasteiger partial charge in [0.1, 0.15) is 0 Å². The highest BCUT2D eigenvalue weighted by molar-refractivity contribution is 9.11. The summed E-state index contributed by atoms with van der Waals surface area (Å²) >= 11 is 4.66. The molecule has 2 rings (SSSR count). The molecule has 0 N–H and O–H groups in total. The molecule has 2 nitrogen and oxygen atoms in total. The minimum Gasteiger partial charge on any atom is -0.208 e. The van der Waals surface area contributed by atoms with Crippen LogP contribution in [0.2, 0.25) is 0 Å². The van der Waals surface area contributed by atoms with Gasteiger partial charge >= 0.3 is 0 Å². The third-order valence-corrected chi connectivity index (χ3v) is 2.91. The Morgan fingerprint density at radius 1 is 1.31 bits per heavy atom. The van der Waals surface area contributed by atoms with Gasteiger partial charge in [-0.05, 0) is 39.9 Å². The topological polar surface area (TPSA) is 25.8 Å². The van der Waals surface area contributed by atoms with Crippen LogP contribution in [0.25, 0.3) is 11.4 Å². The van der Waals surface area contributed by atoms with Crippen LogP contribution < -0.4 is 0 Å². The molecule has 0 saturated heterocycles. The molecule has 1 aromatic carbocycles. The summed E-state index contributed by atoms with van der Waals surface area (Å²) < 4.78 is 5.06. The van der Waals surface area contributed by atoms with Gasteiger partial charge < -0.3 is 0 Å². The fraction of sp³-hybridized carbons (Fsp3) is 0.111. The Bertz CT molecular complexity index is 425. The molecule has 1 aromatic heterocycles. The molecular formula is C9H7BrN2S.